The first-order chi connectivity index (χ1) is 7.77. The van der Waals surface area contributed by atoms with E-state index < -0.39 is 0 Å². The summed E-state index contributed by atoms with van der Waals surface area (Å²) >= 11 is 0. The number of rotatable bonds is 4. The van der Waals surface area contributed by atoms with E-state index in [-0.39, 0.29) is 11.4 Å². The van der Waals surface area contributed by atoms with Crippen LogP contribution in [0.5, 0.6) is 0 Å². The molecule has 1 saturated heterocycles. The van der Waals surface area contributed by atoms with Gasteiger partial charge in [-0.2, -0.15) is 0 Å². The quantitative estimate of drug-likeness (QED) is 0.714. The van der Waals surface area contributed by atoms with Gasteiger partial charge >= 0.3 is 0 Å². The van der Waals surface area contributed by atoms with Crippen molar-refractivity contribution < 1.29 is 4.79 Å². The minimum Gasteiger partial charge on any atom is -0.367 e. The number of nitrogens with one attached hydrogen (secondary N) is 3. The lowest BCUT2D eigenvalue weighted by atomic mass is 9.93. The van der Waals surface area contributed by atoms with Crippen LogP contribution in [0.1, 0.15) is 31.7 Å². The standard InChI is InChI=1S/C12H19N3O/c1-2-12(5-3-6-15-12)11(16)14-9-10-4-7-13-8-10/h4,7-8,13,15H,2-3,5-6,9H2,1H3,(H,14,16). The van der Waals surface area contributed by atoms with Crippen molar-refractivity contribution in [1.82, 2.24) is 15.6 Å². The number of hydrogen-bond donors (Lipinski definition) is 3. The molecular weight excluding hydrogens is 202 g/mol. The fraction of sp³-hybridized carbons (Fsp3) is 0.583. The van der Waals surface area contributed by atoms with Gasteiger partial charge in [-0.3, -0.25) is 4.79 Å². The highest BCUT2D eigenvalue weighted by molar-refractivity contribution is 5.86. The van der Waals surface area contributed by atoms with Gasteiger partial charge in [0.2, 0.25) is 5.91 Å². The van der Waals surface area contributed by atoms with Crippen LogP contribution in [0.25, 0.3) is 0 Å². The molecule has 0 radical (unpaired) electrons. The van der Waals surface area contributed by atoms with Gasteiger partial charge in [0.25, 0.3) is 0 Å². The maximum atomic E-state index is 12.1. The molecule has 1 fully saturated rings. The minimum atomic E-state index is -0.323. The van der Waals surface area contributed by atoms with Crippen molar-refractivity contribution in [3.63, 3.8) is 0 Å². The predicted molar refractivity (Wildman–Crippen MR) is 62.9 cm³/mol. The first kappa shape index (κ1) is 11.2. The van der Waals surface area contributed by atoms with Crippen molar-refractivity contribution >= 4 is 5.91 Å². The highest BCUT2D eigenvalue weighted by Gasteiger charge is 2.38. The summed E-state index contributed by atoms with van der Waals surface area (Å²) in [6, 6.07) is 1.97. The summed E-state index contributed by atoms with van der Waals surface area (Å²) in [4.78, 5) is 15.1. The van der Waals surface area contributed by atoms with Gasteiger partial charge in [-0.15, -0.1) is 0 Å². The molecule has 88 valence electrons. The van der Waals surface area contributed by atoms with Gasteiger partial charge < -0.3 is 15.6 Å². The summed E-state index contributed by atoms with van der Waals surface area (Å²) in [6.07, 6.45) is 6.66. The zero-order valence-electron chi connectivity index (χ0n) is 9.68. The van der Waals surface area contributed by atoms with Crippen LogP contribution in [0.15, 0.2) is 18.5 Å². The number of carbonyl (C=O) groups excluding carboxylic acids is 1. The summed E-state index contributed by atoms with van der Waals surface area (Å²) in [7, 11) is 0. The molecule has 0 aliphatic carbocycles. The lowest BCUT2D eigenvalue weighted by molar-refractivity contribution is -0.127. The first-order valence-electron chi connectivity index (χ1n) is 5.92. The highest BCUT2D eigenvalue weighted by atomic mass is 16.2. The highest BCUT2D eigenvalue weighted by Crippen LogP contribution is 2.23. The summed E-state index contributed by atoms with van der Waals surface area (Å²) in [6.45, 7) is 3.62. The molecule has 1 unspecified atom stereocenters. The van der Waals surface area contributed by atoms with Crippen molar-refractivity contribution in [2.45, 2.75) is 38.3 Å². The van der Waals surface area contributed by atoms with Crippen molar-refractivity contribution in [3.8, 4) is 0 Å². The lowest BCUT2D eigenvalue weighted by Crippen LogP contribution is -2.52. The van der Waals surface area contributed by atoms with Crippen LogP contribution in [0.3, 0.4) is 0 Å². The summed E-state index contributed by atoms with van der Waals surface area (Å²) in [5, 5.41) is 6.33. The molecule has 0 spiro atoms. The Bertz CT molecular complexity index is 339. The third-order valence-corrected chi connectivity index (χ3v) is 3.40. The monoisotopic (exact) mass is 221 g/mol. The number of H-pyrrole nitrogens is 1. The molecule has 2 heterocycles. The number of aromatic amines is 1. The van der Waals surface area contributed by atoms with Crippen LogP contribution < -0.4 is 10.6 Å². The van der Waals surface area contributed by atoms with Crippen molar-refractivity contribution in [1.29, 1.82) is 0 Å². The molecule has 0 bridgehead atoms. The van der Waals surface area contributed by atoms with Crippen molar-refractivity contribution in [3.05, 3.63) is 24.0 Å². The average molecular weight is 221 g/mol. The van der Waals surface area contributed by atoms with E-state index in [1.54, 1.807) is 0 Å². The maximum Gasteiger partial charge on any atom is 0.240 e. The smallest absolute Gasteiger partial charge is 0.240 e. The molecule has 1 amide bonds. The van der Waals surface area contributed by atoms with Crippen LogP contribution in [-0.2, 0) is 11.3 Å². The molecule has 1 aromatic rings. The first-order valence-corrected chi connectivity index (χ1v) is 5.92. The fourth-order valence-corrected chi connectivity index (χ4v) is 2.28. The Morgan fingerprint density at radius 1 is 1.62 bits per heavy atom. The van der Waals surface area contributed by atoms with Crippen LogP contribution >= 0.6 is 0 Å². The van der Waals surface area contributed by atoms with Crippen LogP contribution in [0.2, 0.25) is 0 Å². The number of carbonyl (C=O) groups is 1. The molecular formula is C12H19N3O. The molecule has 1 aromatic heterocycles. The van der Waals surface area contributed by atoms with Gasteiger partial charge in [-0.1, -0.05) is 6.92 Å². The van der Waals surface area contributed by atoms with E-state index in [0.29, 0.717) is 6.54 Å². The number of aromatic nitrogens is 1. The van der Waals surface area contributed by atoms with E-state index in [2.05, 4.69) is 22.5 Å². The van der Waals surface area contributed by atoms with E-state index in [1.807, 2.05) is 18.5 Å². The lowest BCUT2D eigenvalue weighted by Gasteiger charge is -2.26. The Morgan fingerprint density at radius 2 is 2.50 bits per heavy atom. The molecule has 4 nitrogen and oxygen atoms in total. The number of amides is 1. The minimum absolute atomic E-state index is 0.133. The van der Waals surface area contributed by atoms with Gasteiger partial charge in [0.1, 0.15) is 0 Å². The third-order valence-electron chi connectivity index (χ3n) is 3.40. The van der Waals surface area contributed by atoms with Crippen LogP contribution in [0.4, 0.5) is 0 Å². The van der Waals surface area contributed by atoms with Gasteiger partial charge in [0.05, 0.1) is 5.54 Å². The second-order valence-corrected chi connectivity index (χ2v) is 4.37. The van der Waals surface area contributed by atoms with Crippen LogP contribution in [0, 0.1) is 0 Å². The molecule has 16 heavy (non-hydrogen) atoms. The SMILES string of the molecule is CCC1(C(=O)NCc2cc[nH]c2)CCCN1. The average Bonchev–Trinajstić information content (AvgIpc) is 2.97. The maximum absolute atomic E-state index is 12.1. The zero-order chi connectivity index (χ0) is 11.4. The molecule has 2 rings (SSSR count). The van der Waals surface area contributed by atoms with Gasteiger partial charge in [0, 0.05) is 18.9 Å². The Morgan fingerprint density at radius 3 is 3.06 bits per heavy atom. The van der Waals surface area contributed by atoms with Crippen molar-refractivity contribution in [2.75, 3.05) is 6.54 Å². The molecule has 0 saturated carbocycles. The van der Waals surface area contributed by atoms with Crippen molar-refractivity contribution in [2.24, 2.45) is 0 Å². The van der Waals surface area contributed by atoms with Crippen LogP contribution in [-0.4, -0.2) is 23.0 Å². The van der Waals surface area contributed by atoms with E-state index in [1.165, 1.54) is 0 Å². The molecule has 4 heteroatoms. The van der Waals surface area contributed by atoms with E-state index >= 15 is 0 Å². The molecule has 0 aromatic carbocycles. The Hall–Kier alpha value is -1.29. The summed E-state index contributed by atoms with van der Waals surface area (Å²) < 4.78 is 0. The van der Waals surface area contributed by atoms with Gasteiger partial charge in [0.15, 0.2) is 0 Å². The second-order valence-electron chi connectivity index (χ2n) is 4.37. The predicted octanol–water partition coefficient (Wildman–Crippen LogP) is 1.16. The number of hydrogen-bond acceptors (Lipinski definition) is 2. The largest absolute Gasteiger partial charge is 0.367 e. The summed E-state index contributed by atoms with van der Waals surface area (Å²) in [5.41, 5.74) is 0.786. The fourth-order valence-electron chi connectivity index (χ4n) is 2.28. The normalized spacial score (nSPS) is 24.6. The van der Waals surface area contributed by atoms with Gasteiger partial charge in [-0.05, 0) is 37.4 Å². The Labute approximate surface area is 95.8 Å². The topological polar surface area (TPSA) is 56.9 Å². The molecule has 1 aliphatic heterocycles. The molecule has 1 atom stereocenters. The van der Waals surface area contributed by atoms with E-state index in [4.69, 9.17) is 0 Å². The van der Waals surface area contributed by atoms with E-state index in [0.717, 1.165) is 31.4 Å². The van der Waals surface area contributed by atoms with E-state index in [9.17, 15) is 4.79 Å². The Balaban J connectivity index is 1.91. The second kappa shape index (κ2) is 4.70. The third kappa shape index (κ3) is 2.11. The molecule has 3 N–H and O–H groups in total. The Kier molecular flexibility index (Phi) is 3.29. The zero-order valence-corrected chi connectivity index (χ0v) is 9.68. The van der Waals surface area contributed by atoms with Gasteiger partial charge in [-0.25, -0.2) is 0 Å². The summed E-state index contributed by atoms with van der Waals surface area (Å²) in [5.74, 6) is 0.133. The molecule has 1 aliphatic rings.